The van der Waals surface area contributed by atoms with Crippen molar-refractivity contribution in [3.05, 3.63) is 85.1 Å². The summed E-state index contributed by atoms with van der Waals surface area (Å²) in [7, 11) is 33.1. The van der Waals surface area contributed by atoms with Gasteiger partial charge >= 0.3 is 59.7 Å². The zero-order valence-corrected chi connectivity index (χ0v) is 113. The van der Waals surface area contributed by atoms with Crippen molar-refractivity contribution in [1.29, 1.82) is 0 Å². The van der Waals surface area contributed by atoms with Gasteiger partial charge in [-0.15, -0.1) is 90.5 Å². The van der Waals surface area contributed by atoms with Gasteiger partial charge in [-0.25, -0.2) is 14.6 Å². The Kier molecular flexibility index (Phi) is 73.0. The highest BCUT2D eigenvalue weighted by Gasteiger charge is 2.49. The van der Waals surface area contributed by atoms with Gasteiger partial charge in [0, 0.05) is 68.1 Å². The minimum Gasteiger partial charge on any atom is -0.464 e. The summed E-state index contributed by atoms with van der Waals surface area (Å²) in [4.78, 5) is 183. The van der Waals surface area contributed by atoms with Gasteiger partial charge < -0.3 is 66.5 Å². The summed E-state index contributed by atoms with van der Waals surface area (Å²) >= 11 is 23.8. The Labute approximate surface area is 948 Å². The number of pyridine rings is 1. The minimum atomic E-state index is -1.30. The van der Waals surface area contributed by atoms with Crippen molar-refractivity contribution < 1.29 is 134 Å². The van der Waals surface area contributed by atoms with Crippen LogP contribution in [0.5, 0.6) is 11.5 Å². The smallest absolute Gasteiger partial charge is 0.349 e. The molecule has 818 valence electrons. The lowest BCUT2D eigenvalue weighted by atomic mass is 9.83. The first kappa shape index (κ1) is 143. The standard InChI is InChI=1S/C23H38Br2O8S2.2C18H20BrNO6.C17H29BrO6S.C11H14BrNO2S2.H10P8.H9P7/c1-21(2,18(26)32-12-14-34-35-15-13-33-19(27)22(3,4)24)16-23(5,25)20(28)31-11-10-30-17-8-6-7-9-29-17;2*1-17(2,15(23)25-12-7-5-4-6-8-12)11-18(3,19)16(24)26-20-13(21)9-10-14(20)22;1-16(2,14(19)24-10-11-25)12-17(3,18)15(20)23-9-8-22-13-6-4-5-7-21-13;1-11(2,12)10(14)15-7-8-16-17-9-5-3-4-6-13-9;1-6(2)8(5)7(3)4;1-5-7(4)6(2)3/h17H,6-16H2,1-5H3;2*4-8H,9-11H2,1-3H3;13,25H,4-12H2,1-3H3;3-6H,7-8H2,1-2H3;1-5H2;5H,1-4H2. The zero-order valence-electron chi connectivity index (χ0n) is 83.6. The molecule has 0 N–H and O–H groups in total. The van der Waals surface area contributed by atoms with Crippen LogP contribution in [0.2, 0.25) is 0 Å². The number of aromatic nitrogens is 1. The highest BCUT2D eigenvalue weighted by Crippen LogP contribution is 3.00. The summed E-state index contributed by atoms with van der Waals surface area (Å²) in [6.07, 6.45) is 7.87. The number of imide groups is 2. The number of halogens is 6. The molecule has 57 heteroatoms. The molecule has 0 aliphatic carbocycles. The van der Waals surface area contributed by atoms with E-state index in [4.69, 9.17) is 66.5 Å². The predicted octanol–water partition coefficient (Wildman–Crippen LogP) is 25.3. The number of alkyl halides is 6. The molecule has 17 atom stereocenters. The molecule has 31 nitrogen and oxygen atoms in total. The normalized spacial score (nSPS) is 17.0. The van der Waals surface area contributed by atoms with Crippen LogP contribution in [0.1, 0.15) is 201 Å². The van der Waals surface area contributed by atoms with Crippen molar-refractivity contribution in [2.75, 3.05) is 89.1 Å². The average Bonchev–Trinajstić information content (AvgIpc) is 1.46. The van der Waals surface area contributed by atoms with E-state index < -0.39 is 107 Å². The molecule has 0 saturated carbocycles. The number of nitrogens with zero attached hydrogens (tertiary/aromatic N) is 3. The molecule has 3 aromatic rings. The number of amides is 4. The molecular formula is C87H140Br6N3O28P15S5. The minimum absolute atomic E-state index is 0.0139. The lowest BCUT2D eigenvalue weighted by Gasteiger charge is -2.30. The second-order valence-electron chi connectivity index (χ2n) is 35.8. The van der Waals surface area contributed by atoms with E-state index >= 15 is 0 Å². The first-order valence-electron chi connectivity index (χ1n) is 44.6. The molecule has 144 heavy (non-hydrogen) atoms. The van der Waals surface area contributed by atoms with Crippen LogP contribution in [0.25, 0.3) is 0 Å². The topological polar surface area (TPSA) is 388 Å². The molecule has 4 amide bonds. The maximum absolute atomic E-state index is 12.6. The molecule has 4 fully saturated rings. The van der Waals surface area contributed by atoms with Crippen molar-refractivity contribution in [2.24, 2.45) is 21.7 Å². The van der Waals surface area contributed by atoms with E-state index in [9.17, 15) is 67.1 Å². The van der Waals surface area contributed by atoms with Gasteiger partial charge in [-0.1, -0.05) is 178 Å². The van der Waals surface area contributed by atoms with Gasteiger partial charge in [0.1, 0.15) is 82.1 Å². The summed E-state index contributed by atoms with van der Waals surface area (Å²) in [6.45, 7) is 31.3. The van der Waals surface area contributed by atoms with Gasteiger partial charge in [-0.3, -0.25) is 57.5 Å². The summed E-state index contributed by atoms with van der Waals surface area (Å²) in [6, 6.07) is 23.0. The molecule has 0 bridgehead atoms. The van der Waals surface area contributed by atoms with Gasteiger partial charge in [0.15, 0.2) is 12.6 Å². The number of benzene rings is 2. The molecule has 4 aliphatic rings. The van der Waals surface area contributed by atoms with Gasteiger partial charge in [-0.2, -0.15) is 12.6 Å². The monoisotopic (exact) mass is 2770 g/mol. The molecule has 0 spiro atoms. The first-order chi connectivity index (χ1) is 66.7. The molecule has 4 saturated heterocycles. The molecule has 5 heterocycles. The third-order valence-corrected chi connectivity index (χ3v) is 95.2. The van der Waals surface area contributed by atoms with Crippen molar-refractivity contribution >= 4 is 358 Å². The van der Waals surface area contributed by atoms with E-state index in [0.29, 0.717) is 65.3 Å². The quantitative estimate of drug-likeness (QED) is 0.00631. The number of thiol groups is 1. The Morgan fingerprint density at radius 2 is 0.715 bits per heavy atom. The number of para-hydroxylation sites is 2. The van der Waals surface area contributed by atoms with Crippen LogP contribution in [0, 0.1) is 21.7 Å². The molecule has 4 aliphatic heterocycles. The van der Waals surface area contributed by atoms with E-state index in [1.807, 2.05) is 18.2 Å². The van der Waals surface area contributed by atoms with Crippen LogP contribution in [0.3, 0.4) is 0 Å². The molecule has 1 aromatic heterocycles. The van der Waals surface area contributed by atoms with Gasteiger partial charge in [0.05, 0.1) is 34.9 Å². The fourth-order valence-corrected chi connectivity index (χ4v) is 63.7. The molecule has 0 radical (unpaired) electrons. The van der Waals surface area contributed by atoms with Crippen LogP contribution < -0.4 is 9.47 Å². The molecule has 17 unspecified atom stereocenters. The lowest BCUT2D eigenvalue weighted by Crippen LogP contribution is -2.44. The van der Waals surface area contributed by atoms with Crippen LogP contribution in [0.15, 0.2) is 90.1 Å². The summed E-state index contributed by atoms with van der Waals surface area (Å²) in [5.74, 6) is -3.87. The Morgan fingerprint density at radius 1 is 0.403 bits per heavy atom. The van der Waals surface area contributed by atoms with Crippen LogP contribution >= 0.6 is 275 Å². The third-order valence-electron chi connectivity index (χ3n) is 19.0. The number of carbonyl (C=O) groups excluding carboxylic acids is 14. The van der Waals surface area contributed by atoms with Gasteiger partial charge in [0.2, 0.25) is 0 Å². The zero-order chi connectivity index (χ0) is 110. The van der Waals surface area contributed by atoms with Crippen LogP contribution in [0.4, 0.5) is 0 Å². The van der Waals surface area contributed by atoms with E-state index in [1.54, 1.807) is 196 Å². The fraction of sp³-hybridized carbons (Fsp3) is 0.644. The van der Waals surface area contributed by atoms with Crippen molar-refractivity contribution in [3.8, 4) is 11.5 Å². The number of hydroxylamine groups is 4. The third kappa shape index (κ3) is 61.0. The number of rotatable bonds is 48. The second kappa shape index (κ2) is 73.3. The summed E-state index contributed by atoms with van der Waals surface area (Å²) in [5.41, 5.74) is -3.79. The second-order valence-corrected chi connectivity index (χ2v) is 103. The molecular weight excluding hydrogens is 2640 g/mol. The van der Waals surface area contributed by atoms with Crippen LogP contribution in [-0.2, 0) is 124 Å². The SMILES string of the molecule is CC(C)(Br)C(=O)OCCSSCCOC(=O)C(C)(C)CC(C)(Br)C(=O)OCCOC1CCCCO1.CC(C)(Br)C(=O)OCCSSc1ccccn1.CC(C)(CC(C)(Br)C(=O)OCCOC1CCCCO1)C(=O)OCCS.CC(C)(CC(C)(Br)C(=O)ON1C(=O)CCC1=O)C(=O)Oc1ccccc1.CC(C)(CC(C)(Br)C(=O)ON1C(=O)CCC1=O)C(=O)Oc1ccccc1.PP(P)P(P)P(P)P.PPP(P)P(P)P. The van der Waals surface area contributed by atoms with Crippen molar-refractivity contribution in [3.63, 3.8) is 0 Å². The van der Waals surface area contributed by atoms with E-state index in [-0.39, 0.29) is 162 Å². The van der Waals surface area contributed by atoms with Gasteiger partial charge in [0.25, 0.3) is 23.6 Å². The number of hydrogen-bond acceptors (Lipinski definition) is 34. The molecule has 2 aromatic carbocycles. The van der Waals surface area contributed by atoms with E-state index in [0.717, 1.165) is 57.3 Å². The lowest BCUT2D eigenvalue weighted by molar-refractivity contribution is -0.199. The number of ether oxygens (including phenoxy) is 12. The Balaban J connectivity index is 0.000000877. The maximum Gasteiger partial charge on any atom is 0.349 e. The highest BCUT2D eigenvalue weighted by molar-refractivity contribution is 9.11. The Bertz CT molecular complexity index is 4310. The summed E-state index contributed by atoms with van der Waals surface area (Å²) in [5, 5.41) is 1.93. The van der Waals surface area contributed by atoms with Crippen molar-refractivity contribution in [1.82, 2.24) is 15.1 Å². The fourth-order valence-electron chi connectivity index (χ4n) is 11.8. The number of carbonyl (C=O) groups is 14. The van der Waals surface area contributed by atoms with E-state index in [1.165, 1.54) is 24.6 Å². The average molecular weight is 2780 g/mol. The van der Waals surface area contributed by atoms with E-state index in [2.05, 4.69) is 194 Å². The van der Waals surface area contributed by atoms with Crippen molar-refractivity contribution in [2.45, 2.75) is 244 Å². The molecule has 7 rings (SSSR count). The maximum atomic E-state index is 12.6. The highest BCUT2D eigenvalue weighted by atomic mass is 79.9. The van der Waals surface area contributed by atoms with Gasteiger partial charge in [-0.05, 0) is 257 Å². The largest absolute Gasteiger partial charge is 0.464 e. The Morgan fingerprint density at radius 3 is 1.00 bits per heavy atom. The predicted molar refractivity (Wildman–Crippen MR) is 644 cm³/mol. The Hall–Kier alpha value is 1.49. The summed E-state index contributed by atoms with van der Waals surface area (Å²) < 4.78 is 58.2. The first-order valence-corrected chi connectivity index (χ1v) is 80.2. The van der Waals surface area contributed by atoms with Crippen LogP contribution in [-0.4, -0.2) is 226 Å². The number of hydrogen-bond donors (Lipinski definition) is 1. The number of esters is 8.